The molecule has 3 rings (SSSR count). The molecule has 0 unspecified atom stereocenters. The Bertz CT molecular complexity index is 816. The summed E-state index contributed by atoms with van der Waals surface area (Å²) in [6, 6.07) is 11.9. The van der Waals surface area contributed by atoms with Crippen LogP contribution in [0.5, 0.6) is 0 Å². The Morgan fingerprint density at radius 2 is 1.80 bits per heavy atom. The minimum Gasteiger partial charge on any atom is -0.454 e. The van der Waals surface area contributed by atoms with E-state index in [2.05, 4.69) is 0 Å². The minimum atomic E-state index is -0.677. The fourth-order valence-electron chi connectivity index (χ4n) is 2.68. The van der Waals surface area contributed by atoms with Crippen LogP contribution in [0.2, 0.25) is 0 Å². The third kappa shape index (κ3) is 3.74. The lowest BCUT2D eigenvalue weighted by Crippen LogP contribution is -2.23. The van der Waals surface area contributed by atoms with E-state index in [0.717, 1.165) is 12.1 Å². The highest BCUT2D eigenvalue weighted by molar-refractivity contribution is 6.00. The fraction of sp³-hybridized carbons (Fsp3) is 0.211. The van der Waals surface area contributed by atoms with Crippen LogP contribution in [-0.2, 0) is 9.53 Å². The average molecular weight is 341 g/mol. The molecular formula is C19H16FNO4. The Morgan fingerprint density at radius 3 is 2.44 bits per heavy atom. The number of halogens is 1. The summed E-state index contributed by atoms with van der Waals surface area (Å²) >= 11 is 0. The van der Waals surface area contributed by atoms with Gasteiger partial charge in [-0.2, -0.15) is 0 Å². The van der Waals surface area contributed by atoms with Crippen molar-refractivity contribution in [2.75, 3.05) is 18.1 Å². The first-order valence-corrected chi connectivity index (χ1v) is 7.91. The quantitative estimate of drug-likeness (QED) is 0.619. The van der Waals surface area contributed by atoms with Crippen molar-refractivity contribution >= 4 is 23.3 Å². The van der Waals surface area contributed by atoms with Gasteiger partial charge in [0.15, 0.2) is 6.61 Å². The normalized spacial score (nSPS) is 13.8. The first-order valence-electron chi connectivity index (χ1n) is 7.91. The van der Waals surface area contributed by atoms with Crippen LogP contribution < -0.4 is 4.90 Å². The Hall–Kier alpha value is -3.02. The molecule has 128 valence electrons. The van der Waals surface area contributed by atoms with Crippen LogP contribution in [0.1, 0.15) is 33.6 Å². The molecule has 1 aliphatic rings. The summed E-state index contributed by atoms with van der Waals surface area (Å²) in [6.45, 7) is 0.131. The van der Waals surface area contributed by atoms with E-state index >= 15 is 0 Å². The van der Waals surface area contributed by atoms with Gasteiger partial charge in [-0.25, -0.2) is 9.18 Å². The van der Waals surface area contributed by atoms with Gasteiger partial charge >= 0.3 is 5.97 Å². The van der Waals surface area contributed by atoms with Crippen LogP contribution in [-0.4, -0.2) is 30.8 Å². The van der Waals surface area contributed by atoms with E-state index in [1.165, 1.54) is 36.4 Å². The summed E-state index contributed by atoms with van der Waals surface area (Å²) < 4.78 is 18.5. The molecule has 2 aromatic rings. The Balaban J connectivity index is 1.61. The maximum Gasteiger partial charge on any atom is 0.338 e. The molecule has 0 aliphatic carbocycles. The van der Waals surface area contributed by atoms with Gasteiger partial charge in [0.1, 0.15) is 5.82 Å². The highest BCUT2D eigenvalue weighted by atomic mass is 19.1. The van der Waals surface area contributed by atoms with E-state index < -0.39 is 24.2 Å². The molecule has 0 N–H and O–H groups in total. The standard InChI is InChI=1S/C19H16FNO4/c20-16-5-2-1-4-15(16)17(22)12-25-19(24)13-7-9-14(10-8-13)21-11-3-6-18(21)23/h1-2,4-5,7-10H,3,6,11-12H2. The molecule has 25 heavy (non-hydrogen) atoms. The van der Waals surface area contributed by atoms with Gasteiger partial charge in [-0.3, -0.25) is 9.59 Å². The largest absolute Gasteiger partial charge is 0.454 e. The summed E-state index contributed by atoms with van der Waals surface area (Å²) in [5, 5.41) is 0. The van der Waals surface area contributed by atoms with Crippen molar-refractivity contribution in [2.45, 2.75) is 12.8 Å². The monoisotopic (exact) mass is 341 g/mol. The van der Waals surface area contributed by atoms with Crippen molar-refractivity contribution in [3.63, 3.8) is 0 Å². The number of benzene rings is 2. The van der Waals surface area contributed by atoms with Gasteiger partial charge in [0.25, 0.3) is 0 Å². The summed E-state index contributed by atoms with van der Waals surface area (Å²) in [4.78, 5) is 37.3. The first-order chi connectivity index (χ1) is 12.1. The Morgan fingerprint density at radius 1 is 1.08 bits per heavy atom. The molecule has 6 heteroatoms. The number of hydrogen-bond donors (Lipinski definition) is 0. The van der Waals surface area contributed by atoms with E-state index in [0.29, 0.717) is 13.0 Å². The van der Waals surface area contributed by atoms with E-state index in [1.54, 1.807) is 17.0 Å². The van der Waals surface area contributed by atoms with Crippen LogP contribution >= 0.6 is 0 Å². The molecule has 0 bridgehead atoms. The van der Waals surface area contributed by atoms with Crippen molar-refractivity contribution in [3.05, 3.63) is 65.5 Å². The molecule has 1 saturated heterocycles. The second-order valence-corrected chi connectivity index (χ2v) is 5.67. The van der Waals surface area contributed by atoms with Gasteiger partial charge in [0, 0.05) is 18.7 Å². The van der Waals surface area contributed by atoms with E-state index in [4.69, 9.17) is 4.74 Å². The van der Waals surface area contributed by atoms with E-state index in [-0.39, 0.29) is 17.0 Å². The maximum atomic E-state index is 13.5. The number of hydrogen-bond acceptors (Lipinski definition) is 4. The number of Topliss-reactive ketones (excluding diaryl/α,β-unsaturated/α-hetero) is 1. The van der Waals surface area contributed by atoms with Gasteiger partial charge in [-0.15, -0.1) is 0 Å². The SMILES string of the molecule is O=C(OCC(=O)c1ccccc1F)c1ccc(N2CCCC2=O)cc1. The first kappa shape index (κ1) is 16.8. The molecule has 1 fully saturated rings. The summed E-state index contributed by atoms with van der Waals surface area (Å²) in [6.07, 6.45) is 1.35. The molecule has 1 aliphatic heterocycles. The topological polar surface area (TPSA) is 63.7 Å². The fourth-order valence-corrected chi connectivity index (χ4v) is 2.68. The average Bonchev–Trinajstić information content (AvgIpc) is 3.06. The van der Waals surface area contributed by atoms with Gasteiger partial charge in [-0.05, 0) is 42.8 Å². The van der Waals surface area contributed by atoms with Crippen LogP contribution in [0.3, 0.4) is 0 Å². The maximum absolute atomic E-state index is 13.5. The molecule has 1 heterocycles. The second kappa shape index (κ2) is 7.25. The molecule has 2 aromatic carbocycles. The van der Waals surface area contributed by atoms with Crippen molar-refractivity contribution in [3.8, 4) is 0 Å². The van der Waals surface area contributed by atoms with Gasteiger partial charge in [-0.1, -0.05) is 12.1 Å². The van der Waals surface area contributed by atoms with Crippen molar-refractivity contribution in [1.29, 1.82) is 0 Å². The Labute approximate surface area is 144 Å². The molecular weight excluding hydrogens is 325 g/mol. The number of ketones is 1. The highest BCUT2D eigenvalue weighted by Gasteiger charge is 2.22. The van der Waals surface area contributed by atoms with E-state index in [1.807, 2.05) is 0 Å². The van der Waals surface area contributed by atoms with Crippen LogP contribution in [0.4, 0.5) is 10.1 Å². The second-order valence-electron chi connectivity index (χ2n) is 5.67. The lowest BCUT2D eigenvalue weighted by molar-refractivity contribution is -0.117. The lowest BCUT2D eigenvalue weighted by Gasteiger charge is -2.15. The molecule has 0 atom stereocenters. The number of ether oxygens (including phenoxy) is 1. The predicted octanol–water partition coefficient (Wildman–Crippen LogP) is 2.99. The molecule has 0 saturated carbocycles. The number of esters is 1. The lowest BCUT2D eigenvalue weighted by atomic mass is 10.1. The zero-order chi connectivity index (χ0) is 17.8. The van der Waals surface area contributed by atoms with Crippen LogP contribution in [0.15, 0.2) is 48.5 Å². The minimum absolute atomic E-state index is 0.0609. The molecule has 5 nitrogen and oxygen atoms in total. The number of rotatable bonds is 5. The van der Waals surface area contributed by atoms with Gasteiger partial charge in [0.05, 0.1) is 11.1 Å². The van der Waals surface area contributed by atoms with Gasteiger partial charge < -0.3 is 9.64 Å². The van der Waals surface area contributed by atoms with Crippen molar-refractivity contribution in [2.24, 2.45) is 0 Å². The molecule has 0 radical (unpaired) electrons. The summed E-state index contributed by atoms with van der Waals surface area (Å²) in [5.41, 5.74) is 0.872. The molecule has 0 spiro atoms. The number of anilines is 1. The predicted molar refractivity (Wildman–Crippen MR) is 89.0 cm³/mol. The van der Waals surface area contributed by atoms with Crippen LogP contribution in [0, 0.1) is 5.82 Å². The van der Waals surface area contributed by atoms with Gasteiger partial charge in [0.2, 0.25) is 11.7 Å². The third-order valence-corrected chi connectivity index (χ3v) is 4.00. The number of nitrogens with zero attached hydrogens (tertiary/aromatic N) is 1. The smallest absolute Gasteiger partial charge is 0.338 e. The molecule has 0 aromatic heterocycles. The highest BCUT2D eigenvalue weighted by Crippen LogP contribution is 2.21. The zero-order valence-electron chi connectivity index (χ0n) is 13.4. The number of carbonyl (C=O) groups excluding carboxylic acids is 3. The summed E-state index contributed by atoms with van der Waals surface area (Å²) in [5.74, 6) is -1.87. The van der Waals surface area contributed by atoms with Crippen molar-refractivity contribution in [1.82, 2.24) is 0 Å². The Kier molecular flexibility index (Phi) is 4.88. The number of amides is 1. The summed E-state index contributed by atoms with van der Waals surface area (Å²) in [7, 11) is 0. The number of carbonyl (C=O) groups is 3. The zero-order valence-corrected chi connectivity index (χ0v) is 13.4. The van der Waals surface area contributed by atoms with Crippen LogP contribution in [0.25, 0.3) is 0 Å². The van der Waals surface area contributed by atoms with Crippen molar-refractivity contribution < 1.29 is 23.5 Å². The van der Waals surface area contributed by atoms with E-state index in [9.17, 15) is 18.8 Å². The third-order valence-electron chi connectivity index (χ3n) is 4.00. The molecule has 1 amide bonds.